The van der Waals surface area contributed by atoms with Crippen molar-refractivity contribution in [2.45, 2.75) is 63.1 Å². The lowest BCUT2D eigenvalue weighted by Crippen LogP contribution is -2.55. The third-order valence-electron chi connectivity index (χ3n) is 6.96. The monoisotopic (exact) mass is 536 g/mol. The van der Waals surface area contributed by atoms with Gasteiger partial charge in [0.1, 0.15) is 11.3 Å². The topological polar surface area (TPSA) is 114 Å². The third-order valence-corrected chi connectivity index (χ3v) is 6.96. The number of fused-ring (bicyclic) bond motifs is 1. The molecule has 1 aliphatic carbocycles. The standard InChI is InChI=1S/C26H31F3N4O5/c1-37-13-5-6-14-38-18-7-8-20-17(15-18)9-12-33(20)24-30-16-19(21(31-24)26(27,28)29)22(34)32-25(23(35)36)10-3-2-4-11-25/h7-8,15-16H,2-6,9-14H2,1H3,(H,32,34)(H,35,36). The lowest BCUT2D eigenvalue weighted by atomic mass is 9.81. The number of aliphatic carboxylic acids is 1. The molecular weight excluding hydrogens is 505 g/mol. The smallest absolute Gasteiger partial charge is 0.434 e. The highest BCUT2D eigenvalue weighted by Gasteiger charge is 2.44. The number of ether oxygens (including phenoxy) is 2. The van der Waals surface area contributed by atoms with Crippen molar-refractivity contribution in [3.8, 4) is 5.75 Å². The molecule has 2 N–H and O–H groups in total. The molecule has 0 bridgehead atoms. The van der Waals surface area contributed by atoms with Crippen molar-refractivity contribution >= 4 is 23.5 Å². The zero-order valence-corrected chi connectivity index (χ0v) is 21.1. The number of anilines is 2. The van der Waals surface area contributed by atoms with Crippen LogP contribution in [0.15, 0.2) is 24.4 Å². The van der Waals surface area contributed by atoms with Crippen LogP contribution < -0.4 is 15.0 Å². The summed E-state index contributed by atoms with van der Waals surface area (Å²) in [5, 5.41) is 12.1. The quantitative estimate of drug-likeness (QED) is 0.427. The summed E-state index contributed by atoms with van der Waals surface area (Å²) in [6.45, 7) is 1.54. The summed E-state index contributed by atoms with van der Waals surface area (Å²) in [6.07, 6.45) is 0.366. The van der Waals surface area contributed by atoms with Crippen LogP contribution in [0, 0.1) is 0 Å². The Labute approximate surface area is 218 Å². The summed E-state index contributed by atoms with van der Waals surface area (Å²) < 4.78 is 52.9. The van der Waals surface area contributed by atoms with Crippen LogP contribution in [-0.4, -0.2) is 59.4 Å². The number of benzene rings is 1. The summed E-state index contributed by atoms with van der Waals surface area (Å²) >= 11 is 0. The molecule has 0 radical (unpaired) electrons. The van der Waals surface area contributed by atoms with Gasteiger partial charge in [-0.1, -0.05) is 19.3 Å². The maximum atomic E-state index is 14.0. The summed E-state index contributed by atoms with van der Waals surface area (Å²) in [7, 11) is 1.64. The Kier molecular flexibility index (Phi) is 8.39. The molecule has 1 aromatic carbocycles. The number of carboxylic acid groups (broad SMARTS) is 1. The highest BCUT2D eigenvalue weighted by molar-refractivity contribution is 5.98. The molecule has 1 saturated carbocycles. The van der Waals surface area contributed by atoms with E-state index < -0.39 is 34.8 Å². The first-order valence-corrected chi connectivity index (χ1v) is 12.7. The molecule has 2 aromatic rings. The van der Waals surface area contributed by atoms with Crippen LogP contribution in [-0.2, 0) is 22.1 Å². The molecule has 0 atom stereocenters. The van der Waals surface area contributed by atoms with E-state index in [0.29, 0.717) is 50.5 Å². The second-order valence-electron chi connectivity index (χ2n) is 9.57. The van der Waals surface area contributed by atoms with Gasteiger partial charge >= 0.3 is 12.1 Å². The van der Waals surface area contributed by atoms with Crippen molar-refractivity contribution in [1.29, 1.82) is 0 Å². The molecule has 1 aromatic heterocycles. The van der Waals surface area contributed by atoms with Gasteiger partial charge in [0.2, 0.25) is 5.95 Å². The largest absolute Gasteiger partial charge is 0.494 e. The van der Waals surface area contributed by atoms with Gasteiger partial charge in [-0.05, 0) is 55.9 Å². The van der Waals surface area contributed by atoms with Crippen molar-refractivity contribution < 1.29 is 37.3 Å². The Bertz CT molecular complexity index is 1170. The number of aromatic nitrogens is 2. The number of hydrogen-bond acceptors (Lipinski definition) is 7. The van der Waals surface area contributed by atoms with Crippen LogP contribution in [0.2, 0.25) is 0 Å². The van der Waals surface area contributed by atoms with E-state index in [4.69, 9.17) is 9.47 Å². The van der Waals surface area contributed by atoms with Gasteiger partial charge in [0.25, 0.3) is 5.91 Å². The summed E-state index contributed by atoms with van der Waals surface area (Å²) in [5.41, 5.74) is -2.26. The van der Waals surface area contributed by atoms with Crippen molar-refractivity contribution in [3.63, 3.8) is 0 Å². The van der Waals surface area contributed by atoms with Gasteiger partial charge in [-0.25, -0.2) is 14.8 Å². The van der Waals surface area contributed by atoms with E-state index in [2.05, 4.69) is 15.3 Å². The molecule has 1 fully saturated rings. The van der Waals surface area contributed by atoms with Crippen LogP contribution in [0.25, 0.3) is 0 Å². The molecule has 1 aliphatic heterocycles. The van der Waals surface area contributed by atoms with Gasteiger partial charge in [0.05, 0.1) is 12.2 Å². The minimum Gasteiger partial charge on any atom is -0.494 e. The van der Waals surface area contributed by atoms with E-state index in [9.17, 15) is 27.9 Å². The number of alkyl halides is 3. The number of unbranched alkanes of at least 4 members (excludes halogenated alkanes) is 1. The molecule has 12 heteroatoms. The van der Waals surface area contributed by atoms with Crippen LogP contribution >= 0.6 is 0 Å². The third kappa shape index (κ3) is 6.01. The van der Waals surface area contributed by atoms with E-state index in [1.54, 1.807) is 24.1 Å². The van der Waals surface area contributed by atoms with Crippen LogP contribution in [0.4, 0.5) is 24.8 Å². The SMILES string of the molecule is COCCCCOc1ccc2c(c1)CCN2c1ncc(C(=O)NC2(C(=O)O)CCCCC2)c(C(F)(F)F)n1. The summed E-state index contributed by atoms with van der Waals surface area (Å²) in [5.74, 6) is -1.93. The summed E-state index contributed by atoms with van der Waals surface area (Å²) in [6, 6.07) is 5.35. The minimum atomic E-state index is -4.95. The number of rotatable bonds is 10. The molecule has 2 heterocycles. The lowest BCUT2D eigenvalue weighted by Gasteiger charge is -2.34. The molecule has 0 saturated heterocycles. The van der Waals surface area contributed by atoms with Crippen molar-refractivity contribution in [2.75, 3.05) is 31.8 Å². The number of hydrogen-bond donors (Lipinski definition) is 2. The number of methoxy groups -OCH3 is 1. The molecule has 38 heavy (non-hydrogen) atoms. The number of nitrogens with one attached hydrogen (secondary N) is 1. The molecule has 1 amide bonds. The Morgan fingerprint density at radius 1 is 1.16 bits per heavy atom. The highest BCUT2D eigenvalue weighted by Crippen LogP contribution is 2.38. The number of nitrogens with zero attached hydrogens (tertiary/aromatic N) is 3. The van der Waals surface area contributed by atoms with E-state index in [0.717, 1.165) is 31.0 Å². The van der Waals surface area contributed by atoms with Gasteiger partial charge in [-0.2, -0.15) is 13.2 Å². The fraction of sp³-hybridized carbons (Fsp3) is 0.538. The minimum absolute atomic E-state index is 0.151. The van der Waals surface area contributed by atoms with Gasteiger partial charge in [-0.15, -0.1) is 0 Å². The molecule has 206 valence electrons. The van der Waals surface area contributed by atoms with Gasteiger partial charge in [0, 0.05) is 32.1 Å². The fourth-order valence-corrected chi connectivity index (χ4v) is 4.93. The van der Waals surface area contributed by atoms with Crippen molar-refractivity contribution in [2.24, 2.45) is 0 Å². The first kappa shape index (κ1) is 27.6. The number of carbonyl (C=O) groups is 2. The van der Waals surface area contributed by atoms with Crippen molar-refractivity contribution in [3.05, 3.63) is 41.2 Å². The maximum absolute atomic E-state index is 14.0. The molecular formula is C26H31F3N4O5. The highest BCUT2D eigenvalue weighted by atomic mass is 19.4. The molecule has 9 nitrogen and oxygen atoms in total. The Morgan fingerprint density at radius 3 is 2.58 bits per heavy atom. The number of carboxylic acids is 1. The zero-order valence-electron chi connectivity index (χ0n) is 21.1. The number of halogens is 3. The predicted molar refractivity (Wildman–Crippen MR) is 132 cm³/mol. The van der Waals surface area contributed by atoms with Crippen LogP contribution in [0.1, 0.15) is 66.6 Å². The average molecular weight is 537 g/mol. The predicted octanol–water partition coefficient (Wildman–Crippen LogP) is 4.51. The Morgan fingerprint density at radius 2 is 1.89 bits per heavy atom. The molecule has 0 spiro atoms. The number of amides is 1. The first-order valence-electron chi connectivity index (χ1n) is 12.7. The van der Waals surface area contributed by atoms with E-state index in [1.165, 1.54) is 0 Å². The number of carbonyl (C=O) groups excluding carboxylic acids is 1. The maximum Gasteiger partial charge on any atom is 0.434 e. The Balaban J connectivity index is 1.55. The first-order chi connectivity index (χ1) is 18.1. The van der Waals surface area contributed by atoms with E-state index >= 15 is 0 Å². The zero-order chi connectivity index (χ0) is 27.3. The van der Waals surface area contributed by atoms with Crippen LogP contribution in [0.3, 0.4) is 0 Å². The van der Waals surface area contributed by atoms with Gasteiger partial charge in [0.15, 0.2) is 5.69 Å². The Hall–Kier alpha value is -3.41. The van der Waals surface area contributed by atoms with E-state index in [1.807, 2.05) is 6.07 Å². The molecule has 0 unspecified atom stereocenters. The second-order valence-corrected chi connectivity index (χ2v) is 9.57. The molecule has 2 aliphatic rings. The summed E-state index contributed by atoms with van der Waals surface area (Å²) in [4.78, 5) is 34.2. The fourth-order valence-electron chi connectivity index (χ4n) is 4.93. The normalized spacial score (nSPS) is 16.7. The molecule has 4 rings (SSSR count). The van der Waals surface area contributed by atoms with Crippen LogP contribution in [0.5, 0.6) is 5.75 Å². The van der Waals surface area contributed by atoms with Gasteiger partial charge in [-0.3, -0.25) is 4.79 Å². The lowest BCUT2D eigenvalue weighted by molar-refractivity contribution is -0.145. The second kappa shape index (κ2) is 11.5. The average Bonchev–Trinajstić information content (AvgIpc) is 3.31. The van der Waals surface area contributed by atoms with E-state index in [-0.39, 0.29) is 18.8 Å². The van der Waals surface area contributed by atoms with Crippen molar-refractivity contribution in [1.82, 2.24) is 15.3 Å². The van der Waals surface area contributed by atoms with Gasteiger partial charge < -0.3 is 24.8 Å².